The van der Waals surface area contributed by atoms with Crippen LogP contribution < -0.4 is 10.6 Å². The molecule has 0 atom stereocenters. The maximum Gasteiger partial charge on any atom is 0.254 e. The van der Waals surface area contributed by atoms with Crippen molar-refractivity contribution < 1.29 is 9.59 Å². The van der Waals surface area contributed by atoms with Crippen molar-refractivity contribution in [2.45, 2.75) is 0 Å². The van der Waals surface area contributed by atoms with E-state index in [1.165, 1.54) is 0 Å². The number of nitrogens with one attached hydrogen (secondary N) is 4. The van der Waals surface area contributed by atoms with Crippen LogP contribution >= 0.6 is 24.4 Å². The van der Waals surface area contributed by atoms with Gasteiger partial charge in [0, 0.05) is 25.5 Å². The normalized spacial score (nSPS) is 10.0. The van der Waals surface area contributed by atoms with E-state index < -0.39 is 0 Å². The molecule has 0 radical (unpaired) electrons. The summed E-state index contributed by atoms with van der Waals surface area (Å²) in [7, 11) is 0. The van der Waals surface area contributed by atoms with Crippen LogP contribution in [0.5, 0.6) is 0 Å². The van der Waals surface area contributed by atoms with Crippen molar-refractivity contribution in [3.05, 3.63) is 57.1 Å². The summed E-state index contributed by atoms with van der Waals surface area (Å²) in [5.74, 6) is -0.568. The van der Waals surface area contributed by atoms with Gasteiger partial charge in [-0.3, -0.25) is 9.59 Å². The summed E-state index contributed by atoms with van der Waals surface area (Å²) in [5.41, 5.74) is 0.795. The number of pyridine rings is 2. The summed E-state index contributed by atoms with van der Waals surface area (Å²) in [6.45, 7) is 0.578. The number of rotatable bonds is 5. The minimum Gasteiger partial charge on any atom is -0.352 e. The number of hydrogen-bond acceptors (Lipinski definition) is 4. The molecule has 8 heteroatoms. The third kappa shape index (κ3) is 4.09. The molecule has 0 aliphatic heterocycles. The first-order valence-corrected chi connectivity index (χ1v) is 7.33. The topological polar surface area (TPSA) is 89.8 Å². The zero-order valence-corrected chi connectivity index (χ0v) is 13.1. The van der Waals surface area contributed by atoms with Crippen LogP contribution in [0.2, 0.25) is 0 Å². The molecule has 22 heavy (non-hydrogen) atoms. The van der Waals surface area contributed by atoms with E-state index in [2.05, 4.69) is 20.6 Å². The number of H-pyrrole nitrogens is 2. The van der Waals surface area contributed by atoms with Crippen LogP contribution in [-0.2, 0) is 0 Å². The SMILES string of the molecule is O=C(NCCNC(=O)c1ccc[nH]c1=S)c1ccc[nH]c1=S. The highest BCUT2D eigenvalue weighted by Crippen LogP contribution is 2.00. The van der Waals surface area contributed by atoms with Gasteiger partial charge in [0.2, 0.25) is 0 Å². The van der Waals surface area contributed by atoms with Gasteiger partial charge in [-0.15, -0.1) is 0 Å². The Kier molecular flexibility index (Phi) is 5.56. The number of aromatic amines is 2. The second kappa shape index (κ2) is 7.62. The van der Waals surface area contributed by atoms with Crippen LogP contribution in [0.4, 0.5) is 0 Å². The fourth-order valence-corrected chi connectivity index (χ4v) is 2.20. The Hall–Kier alpha value is -2.32. The minimum absolute atomic E-state index is 0.284. The molecule has 0 spiro atoms. The number of amides is 2. The molecular weight excluding hydrogens is 320 g/mol. The zero-order valence-electron chi connectivity index (χ0n) is 11.5. The van der Waals surface area contributed by atoms with E-state index in [1.807, 2.05) is 0 Å². The van der Waals surface area contributed by atoms with Gasteiger partial charge in [0.05, 0.1) is 11.1 Å². The average Bonchev–Trinajstić information content (AvgIpc) is 2.52. The Balaban J connectivity index is 1.83. The van der Waals surface area contributed by atoms with Crippen molar-refractivity contribution in [2.24, 2.45) is 0 Å². The van der Waals surface area contributed by atoms with Crippen LogP contribution in [0.1, 0.15) is 20.7 Å². The lowest BCUT2D eigenvalue weighted by molar-refractivity contribution is 0.0927. The van der Waals surface area contributed by atoms with Crippen LogP contribution in [0, 0.1) is 9.28 Å². The smallest absolute Gasteiger partial charge is 0.254 e. The van der Waals surface area contributed by atoms with Crippen LogP contribution in [0.15, 0.2) is 36.7 Å². The largest absolute Gasteiger partial charge is 0.352 e. The lowest BCUT2D eigenvalue weighted by Gasteiger charge is -2.07. The Labute approximate surface area is 137 Å². The van der Waals surface area contributed by atoms with Crippen molar-refractivity contribution >= 4 is 36.3 Å². The molecule has 6 nitrogen and oxygen atoms in total. The molecule has 0 bridgehead atoms. The molecule has 2 heterocycles. The second-order valence-electron chi connectivity index (χ2n) is 4.34. The molecule has 0 aliphatic carbocycles. The molecule has 0 aliphatic rings. The minimum atomic E-state index is -0.284. The summed E-state index contributed by atoms with van der Waals surface area (Å²) >= 11 is 10.1. The van der Waals surface area contributed by atoms with Gasteiger partial charge in [0.1, 0.15) is 9.28 Å². The third-order valence-electron chi connectivity index (χ3n) is 2.82. The molecule has 4 N–H and O–H groups in total. The molecule has 114 valence electrons. The first-order chi connectivity index (χ1) is 10.6. The predicted molar refractivity (Wildman–Crippen MR) is 87.9 cm³/mol. The Bertz CT molecular complexity index is 730. The molecule has 2 rings (SSSR count). The fraction of sp³-hybridized carbons (Fsp3) is 0.143. The number of carbonyl (C=O) groups excluding carboxylic acids is 2. The molecule has 2 aromatic rings. The highest BCUT2D eigenvalue weighted by Gasteiger charge is 2.08. The van der Waals surface area contributed by atoms with Gasteiger partial charge in [0.25, 0.3) is 11.8 Å². The molecule has 0 unspecified atom stereocenters. The van der Waals surface area contributed by atoms with Crippen molar-refractivity contribution in [1.82, 2.24) is 20.6 Å². The van der Waals surface area contributed by atoms with Crippen molar-refractivity contribution in [3.8, 4) is 0 Å². The molecule has 0 saturated heterocycles. The predicted octanol–water partition coefficient (Wildman–Crippen LogP) is 1.96. The summed E-state index contributed by atoms with van der Waals surface area (Å²) in [4.78, 5) is 29.4. The standard InChI is InChI=1S/C14H14N4O2S2/c19-11(9-3-1-5-17-13(9)21)15-7-8-16-12(20)10-4-2-6-18-14(10)22/h1-6H,7-8H2,(H,15,19)(H,16,20)(H,17,21)(H,18,22). The molecular formula is C14H14N4O2S2. The number of aromatic nitrogens is 2. The van der Waals surface area contributed by atoms with E-state index in [1.54, 1.807) is 36.7 Å². The highest BCUT2D eigenvalue weighted by atomic mass is 32.1. The van der Waals surface area contributed by atoms with Crippen LogP contribution in [0.25, 0.3) is 0 Å². The first-order valence-electron chi connectivity index (χ1n) is 6.51. The van der Waals surface area contributed by atoms with Crippen LogP contribution in [-0.4, -0.2) is 34.9 Å². The zero-order chi connectivity index (χ0) is 15.9. The fourth-order valence-electron chi connectivity index (χ4n) is 1.74. The summed E-state index contributed by atoms with van der Waals surface area (Å²) in [6, 6.07) is 6.67. The maximum atomic E-state index is 11.9. The summed E-state index contributed by atoms with van der Waals surface area (Å²) < 4.78 is 0.749. The molecule has 0 aromatic carbocycles. The van der Waals surface area contributed by atoms with Crippen LogP contribution in [0.3, 0.4) is 0 Å². The average molecular weight is 334 g/mol. The molecule has 2 amide bonds. The monoisotopic (exact) mass is 334 g/mol. The van der Waals surface area contributed by atoms with Gasteiger partial charge in [-0.1, -0.05) is 24.4 Å². The van der Waals surface area contributed by atoms with E-state index in [4.69, 9.17) is 24.4 Å². The van der Waals surface area contributed by atoms with Gasteiger partial charge >= 0.3 is 0 Å². The van der Waals surface area contributed by atoms with Crippen molar-refractivity contribution in [1.29, 1.82) is 0 Å². The van der Waals surface area contributed by atoms with E-state index >= 15 is 0 Å². The number of carbonyl (C=O) groups is 2. The summed E-state index contributed by atoms with van der Waals surface area (Å²) in [5, 5.41) is 5.37. The van der Waals surface area contributed by atoms with E-state index in [0.717, 1.165) is 0 Å². The lowest BCUT2D eigenvalue weighted by Crippen LogP contribution is -2.35. The number of hydrogen-bond donors (Lipinski definition) is 4. The maximum absolute atomic E-state index is 11.9. The first kappa shape index (κ1) is 16.1. The quantitative estimate of drug-likeness (QED) is 0.497. The summed E-state index contributed by atoms with van der Waals surface area (Å²) in [6.07, 6.45) is 3.31. The molecule has 2 aromatic heterocycles. The second-order valence-corrected chi connectivity index (χ2v) is 5.15. The van der Waals surface area contributed by atoms with Gasteiger partial charge in [-0.2, -0.15) is 0 Å². The lowest BCUT2D eigenvalue weighted by atomic mass is 10.2. The Morgan fingerprint density at radius 3 is 1.64 bits per heavy atom. The van der Waals surface area contributed by atoms with Gasteiger partial charge in [-0.25, -0.2) is 0 Å². The molecule has 0 fully saturated rings. The van der Waals surface area contributed by atoms with E-state index in [9.17, 15) is 9.59 Å². The van der Waals surface area contributed by atoms with Crippen molar-refractivity contribution in [2.75, 3.05) is 13.1 Å². The van der Waals surface area contributed by atoms with Gasteiger partial charge in [-0.05, 0) is 24.3 Å². The van der Waals surface area contributed by atoms with Crippen molar-refractivity contribution in [3.63, 3.8) is 0 Å². The Morgan fingerprint density at radius 2 is 1.27 bits per heavy atom. The highest BCUT2D eigenvalue weighted by molar-refractivity contribution is 7.71. The Morgan fingerprint density at radius 1 is 0.864 bits per heavy atom. The molecule has 0 saturated carbocycles. The third-order valence-corrected chi connectivity index (χ3v) is 3.50. The van der Waals surface area contributed by atoms with Gasteiger partial charge in [0.15, 0.2) is 0 Å². The van der Waals surface area contributed by atoms with E-state index in [-0.39, 0.29) is 24.9 Å². The van der Waals surface area contributed by atoms with E-state index in [0.29, 0.717) is 20.4 Å². The van der Waals surface area contributed by atoms with Gasteiger partial charge < -0.3 is 20.6 Å².